The Bertz CT molecular complexity index is 222. The van der Waals surface area contributed by atoms with Crippen LogP contribution in [0.4, 0.5) is 0 Å². The van der Waals surface area contributed by atoms with Crippen LogP contribution >= 0.6 is 12.2 Å². The highest BCUT2D eigenvalue weighted by Gasteiger charge is 2.10. The van der Waals surface area contributed by atoms with Crippen LogP contribution in [0.5, 0.6) is 0 Å². The van der Waals surface area contributed by atoms with Crippen molar-refractivity contribution in [1.82, 2.24) is 4.31 Å². The van der Waals surface area contributed by atoms with Gasteiger partial charge in [-0.1, -0.05) is 12.2 Å². The lowest BCUT2D eigenvalue weighted by molar-refractivity contribution is 0.508. The second kappa shape index (κ2) is 3.24. The summed E-state index contributed by atoms with van der Waals surface area (Å²) in [6.07, 6.45) is 0. The molecule has 0 saturated carbocycles. The van der Waals surface area contributed by atoms with Crippen molar-refractivity contribution in [2.24, 2.45) is 10.9 Å². The molecule has 7 heteroatoms. The van der Waals surface area contributed by atoms with Crippen LogP contribution in [-0.4, -0.2) is 31.3 Å². The molecule has 0 fully saturated rings. The smallest absolute Gasteiger partial charge is 0.277 e. The predicted molar refractivity (Wildman–Crippen MR) is 42.5 cm³/mol. The van der Waals surface area contributed by atoms with E-state index in [2.05, 4.69) is 12.2 Å². The molecule has 0 aliphatic heterocycles. The molecule has 0 aromatic rings. The molecule has 5 nitrogen and oxygen atoms in total. The van der Waals surface area contributed by atoms with Crippen LogP contribution in [0.3, 0.4) is 0 Å². The second-order valence-corrected chi connectivity index (χ2v) is 3.94. The molecule has 0 aliphatic rings. The summed E-state index contributed by atoms with van der Waals surface area (Å²) >= 11 is 4.46. The third-order valence-corrected chi connectivity index (χ3v) is 1.94. The Morgan fingerprint density at radius 2 is 2.10 bits per heavy atom. The third-order valence-electron chi connectivity index (χ3n) is 0.813. The molecule has 0 bridgehead atoms. The number of nitrogens with zero attached hydrogens (tertiary/aromatic N) is 1. The summed E-state index contributed by atoms with van der Waals surface area (Å²) in [5.41, 5.74) is 5.06. The van der Waals surface area contributed by atoms with Gasteiger partial charge in [0.15, 0.2) is 0 Å². The molecular weight excluding hydrogens is 174 g/mol. The SMILES string of the molecule is CN(CC(N)=S)S(N)(=O)=O. The molecule has 4 N–H and O–H groups in total. The largest absolute Gasteiger partial charge is 0.392 e. The fraction of sp³-hybridized carbons (Fsp3) is 0.667. The van der Waals surface area contributed by atoms with Crippen molar-refractivity contribution in [2.45, 2.75) is 0 Å². The van der Waals surface area contributed by atoms with Crippen molar-refractivity contribution in [3.05, 3.63) is 0 Å². The first kappa shape index (κ1) is 9.76. The molecule has 60 valence electrons. The topological polar surface area (TPSA) is 89.4 Å². The molecule has 0 aromatic carbocycles. The van der Waals surface area contributed by atoms with Gasteiger partial charge in [-0.05, 0) is 0 Å². The van der Waals surface area contributed by atoms with Crippen LogP contribution < -0.4 is 10.9 Å². The Balaban J connectivity index is 4.12. The van der Waals surface area contributed by atoms with Gasteiger partial charge >= 0.3 is 0 Å². The number of hydrogen-bond donors (Lipinski definition) is 2. The normalized spacial score (nSPS) is 11.9. The molecule has 0 amide bonds. The summed E-state index contributed by atoms with van der Waals surface area (Å²) in [4.78, 5) is 0.0940. The molecule has 0 radical (unpaired) electrons. The number of thiocarbonyl (C=S) groups is 1. The molecule has 0 heterocycles. The van der Waals surface area contributed by atoms with Gasteiger partial charge in [0.1, 0.15) is 0 Å². The summed E-state index contributed by atoms with van der Waals surface area (Å²) < 4.78 is 21.8. The highest BCUT2D eigenvalue weighted by atomic mass is 32.2. The maximum Gasteiger partial charge on any atom is 0.277 e. The Kier molecular flexibility index (Phi) is 3.16. The number of rotatable bonds is 3. The Labute approximate surface area is 65.2 Å². The van der Waals surface area contributed by atoms with Crippen LogP contribution in [0.15, 0.2) is 0 Å². The van der Waals surface area contributed by atoms with E-state index in [1.54, 1.807) is 0 Å². The van der Waals surface area contributed by atoms with Gasteiger partial charge in [0.2, 0.25) is 0 Å². The van der Waals surface area contributed by atoms with Gasteiger partial charge in [0.05, 0.1) is 11.5 Å². The molecule has 0 aromatic heterocycles. The van der Waals surface area contributed by atoms with Crippen LogP contribution in [0.1, 0.15) is 0 Å². The predicted octanol–water partition coefficient (Wildman–Crippen LogP) is -1.59. The molecule has 0 spiro atoms. The van der Waals surface area contributed by atoms with E-state index in [0.29, 0.717) is 0 Å². The zero-order valence-corrected chi connectivity index (χ0v) is 7.08. The van der Waals surface area contributed by atoms with Gasteiger partial charge < -0.3 is 5.73 Å². The Morgan fingerprint density at radius 1 is 1.70 bits per heavy atom. The van der Waals surface area contributed by atoms with Crippen LogP contribution in [0.2, 0.25) is 0 Å². The summed E-state index contributed by atoms with van der Waals surface area (Å²) in [5.74, 6) is 0. The summed E-state index contributed by atoms with van der Waals surface area (Å²) in [6.45, 7) is -0.0197. The van der Waals surface area contributed by atoms with Crippen molar-refractivity contribution in [3.8, 4) is 0 Å². The minimum atomic E-state index is -3.63. The number of likely N-dealkylation sites (N-methyl/N-ethyl adjacent to an activating group) is 1. The summed E-state index contributed by atoms with van der Waals surface area (Å²) in [7, 11) is -2.33. The molecular formula is C3H9N3O2S2. The zero-order valence-electron chi connectivity index (χ0n) is 5.44. The Hall–Kier alpha value is -0.240. The molecule has 10 heavy (non-hydrogen) atoms. The van der Waals surface area contributed by atoms with E-state index in [1.807, 2.05) is 0 Å². The van der Waals surface area contributed by atoms with Crippen molar-refractivity contribution >= 4 is 27.4 Å². The van der Waals surface area contributed by atoms with Crippen LogP contribution in [0, 0.1) is 0 Å². The maximum atomic E-state index is 10.5. The lowest BCUT2D eigenvalue weighted by atomic mass is 10.7. The maximum absolute atomic E-state index is 10.5. The summed E-state index contributed by atoms with van der Waals surface area (Å²) in [5, 5.41) is 4.71. The molecule has 0 aliphatic carbocycles. The van der Waals surface area contributed by atoms with Crippen molar-refractivity contribution in [1.29, 1.82) is 0 Å². The fourth-order valence-corrected chi connectivity index (χ4v) is 0.904. The van der Waals surface area contributed by atoms with E-state index < -0.39 is 10.2 Å². The molecule has 0 saturated heterocycles. The first-order valence-electron chi connectivity index (χ1n) is 2.36. The second-order valence-electron chi connectivity index (χ2n) is 1.77. The molecule has 0 rings (SSSR count). The van der Waals surface area contributed by atoms with Crippen molar-refractivity contribution in [2.75, 3.05) is 13.6 Å². The van der Waals surface area contributed by atoms with Gasteiger partial charge in [-0.25, -0.2) is 5.14 Å². The van der Waals surface area contributed by atoms with Gasteiger partial charge in [-0.15, -0.1) is 0 Å². The van der Waals surface area contributed by atoms with E-state index >= 15 is 0 Å². The Morgan fingerprint density at radius 3 is 2.20 bits per heavy atom. The number of hydrogen-bond acceptors (Lipinski definition) is 3. The van der Waals surface area contributed by atoms with E-state index in [0.717, 1.165) is 4.31 Å². The zero-order chi connectivity index (χ0) is 8.36. The van der Waals surface area contributed by atoms with Crippen LogP contribution in [-0.2, 0) is 10.2 Å². The van der Waals surface area contributed by atoms with Crippen molar-refractivity contribution in [3.63, 3.8) is 0 Å². The fourth-order valence-electron chi connectivity index (χ4n) is 0.309. The minimum Gasteiger partial charge on any atom is -0.392 e. The lowest BCUT2D eigenvalue weighted by Crippen LogP contribution is -2.38. The van der Waals surface area contributed by atoms with E-state index in [4.69, 9.17) is 10.9 Å². The highest BCUT2D eigenvalue weighted by Crippen LogP contribution is 1.86. The standard InChI is InChI=1S/C3H9N3O2S2/c1-6(2-3(4)9)10(5,7)8/h2H2,1H3,(H2,4,9)(H2,5,7,8). The lowest BCUT2D eigenvalue weighted by Gasteiger charge is -2.10. The minimum absolute atomic E-state index is 0.0197. The average Bonchev–Trinajstić information content (AvgIpc) is 1.60. The van der Waals surface area contributed by atoms with Gasteiger partial charge in [-0.3, -0.25) is 0 Å². The monoisotopic (exact) mass is 183 g/mol. The van der Waals surface area contributed by atoms with E-state index in [1.165, 1.54) is 7.05 Å². The van der Waals surface area contributed by atoms with Gasteiger partial charge in [0.25, 0.3) is 10.2 Å². The van der Waals surface area contributed by atoms with Crippen LogP contribution in [0.25, 0.3) is 0 Å². The molecule has 0 unspecified atom stereocenters. The quantitative estimate of drug-likeness (QED) is 0.516. The summed E-state index contributed by atoms with van der Waals surface area (Å²) in [6, 6.07) is 0. The third kappa shape index (κ3) is 3.72. The average molecular weight is 183 g/mol. The number of nitrogens with two attached hydrogens (primary N) is 2. The van der Waals surface area contributed by atoms with Gasteiger partial charge in [-0.2, -0.15) is 12.7 Å². The van der Waals surface area contributed by atoms with Gasteiger partial charge in [0, 0.05) is 7.05 Å². The highest BCUT2D eigenvalue weighted by molar-refractivity contribution is 7.87. The van der Waals surface area contributed by atoms with Crippen molar-refractivity contribution < 1.29 is 8.42 Å². The molecule has 0 atom stereocenters. The first-order chi connectivity index (χ1) is 4.34. The van der Waals surface area contributed by atoms with E-state index in [9.17, 15) is 8.42 Å². The first-order valence-corrected chi connectivity index (χ1v) is 4.27. The van der Waals surface area contributed by atoms with E-state index in [-0.39, 0.29) is 11.5 Å².